The second-order valence-electron chi connectivity index (χ2n) is 6.30. The molecule has 0 aliphatic rings. The molecule has 0 saturated carbocycles. The van der Waals surface area contributed by atoms with E-state index in [2.05, 4.69) is 27.7 Å². The first-order valence-electron chi connectivity index (χ1n) is 8.50. The molecule has 0 bridgehead atoms. The van der Waals surface area contributed by atoms with Gasteiger partial charge in [0.15, 0.2) is 0 Å². The minimum absolute atomic E-state index is 0.0285. The lowest BCUT2D eigenvalue weighted by Crippen LogP contribution is -2.45. The van der Waals surface area contributed by atoms with Crippen molar-refractivity contribution in [1.29, 1.82) is 0 Å². The number of nitrogens with zero attached hydrogens (tertiary/aromatic N) is 1. The van der Waals surface area contributed by atoms with Gasteiger partial charge < -0.3 is 20.6 Å². The summed E-state index contributed by atoms with van der Waals surface area (Å²) in [6.07, 6.45) is 0.876. The van der Waals surface area contributed by atoms with Crippen molar-refractivity contribution in [3.05, 3.63) is 71.3 Å². The van der Waals surface area contributed by atoms with Crippen molar-refractivity contribution < 1.29 is 9.90 Å². The molecule has 0 heterocycles. The Morgan fingerprint density at radius 3 is 2.28 bits per heavy atom. The summed E-state index contributed by atoms with van der Waals surface area (Å²) in [5, 5.41) is 15.1. The smallest absolute Gasteiger partial charge is 0.315 e. The largest absolute Gasteiger partial charge is 0.392 e. The molecule has 0 fully saturated rings. The number of likely N-dealkylation sites (N-methyl/N-ethyl adjacent to an activating group) is 1. The molecule has 5 nitrogen and oxygen atoms in total. The van der Waals surface area contributed by atoms with Crippen LogP contribution in [0.15, 0.2) is 54.6 Å². The van der Waals surface area contributed by atoms with Gasteiger partial charge in [0.05, 0.1) is 6.61 Å². The lowest BCUT2D eigenvalue weighted by Gasteiger charge is -2.25. The molecule has 0 saturated heterocycles. The molecule has 1 atom stereocenters. The van der Waals surface area contributed by atoms with Gasteiger partial charge >= 0.3 is 6.03 Å². The van der Waals surface area contributed by atoms with E-state index in [0.29, 0.717) is 13.1 Å². The van der Waals surface area contributed by atoms with Crippen LogP contribution >= 0.6 is 0 Å². The highest BCUT2D eigenvalue weighted by molar-refractivity contribution is 5.73. The monoisotopic (exact) mass is 341 g/mol. The van der Waals surface area contributed by atoms with Gasteiger partial charge in [0.2, 0.25) is 0 Å². The van der Waals surface area contributed by atoms with Gasteiger partial charge in [-0.3, -0.25) is 0 Å². The van der Waals surface area contributed by atoms with E-state index in [9.17, 15) is 9.90 Å². The lowest BCUT2D eigenvalue weighted by molar-refractivity contribution is 0.231. The zero-order chi connectivity index (χ0) is 18.1. The highest BCUT2D eigenvalue weighted by atomic mass is 16.3. The van der Waals surface area contributed by atoms with Crippen LogP contribution in [0, 0.1) is 0 Å². The van der Waals surface area contributed by atoms with Crippen LogP contribution < -0.4 is 10.6 Å². The third kappa shape index (κ3) is 6.21. The third-order valence-electron chi connectivity index (χ3n) is 4.27. The third-order valence-corrected chi connectivity index (χ3v) is 4.27. The van der Waals surface area contributed by atoms with Crippen LogP contribution in [0.3, 0.4) is 0 Å². The van der Waals surface area contributed by atoms with Crippen molar-refractivity contribution in [1.82, 2.24) is 15.5 Å². The number of amides is 2. The first-order chi connectivity index (χ1) is 12.1. The maximum atomic E-state index is 12.1. The Morgan fingerprint density at radius 2 is 1.64 bits per heavy atom. The zero-order valence-electron chi connectivity index (χ0n) is 14.9. The number of aliphatic hydroxyl groups excluding tert-OH is 1. The van der Waals surface area contributed by atoms with Crippen LogP contribution in [0.25, 0.3) is 0 Å². The molecule has 2 aromatic carbocycles. The summed E-state index contributed by atoms with van der Waals surface area (Å²) in [5.74, 6) is 0. The van der Waals surface area contributed by atoms with E-state index >= 15 is 0 Å². The predicted molar refractivity (Wildman–Crippen MR) is 100 cm³/mol. The number of rotatable bonds is 8. The van der Waals surface area contributed by atoms with E-state index in [0.717, 1.165) is 17.5 Å². The fraction of sp³-hybridized carbons (Fsp3) is 0.350. The summed E-state index contributed by atoms with van der Waals surface area (Å²) >= 11 is 0. The minimum Gasteiger partial charge on any atom is -0.392 e. The van der Waals surface area contributed by atoms with Crippen LogP contribution in [0.2, 0.25) is 0 Å². The zero-order valence-corrected chi connectivity index (χ0v) is 14.9. The van der Waals surface area contributed by atoms with E-state index in [1.165, 1.54) is 5.56 Å². The number of carbonyl (C=O) groups is 1. The fourth-order valence-electron chi connectivity index (χ4n) is 2.66. The molecule has 0 spiro atoms. The number of hydrogen-bond donors (Lipinski definition) is 3. The molecule has 0 aliphatic carbocycles. The summed E-state index contributed by atoms with van der Waals surface area (Å²) in [7, 11) is 4.04. The Hall–Kier alpha value is -2.37. The van der Waals surface area contributed by atoms with Crippen LogP contribution in [-0.2, 0) is 19.6 Å². The van der Waals surface area contributed by atoms with E-state index < -0.39 is 0 Å². The molecule has 0 aliphatic heterocycles. The van der Waals surface area contributed by atoms with E-state index in [1.54, 1.807) is 0 Å². The topological polar surface area (TPSA) is 64.6 Å². The highest BCUT2D eigenvalue weighted by Crippen LogP contribution is 2.08. The van der Waals surface area contributed by atoms with Gasteiger partial charge in [0, 0.05) is 19.1 Å². The maximum absolute atomic E-state index is 12.1. The van der Waals surface area contributed by atoms with Gasteiger partial charge in [-0.2, -0.15) is 0 Å². The number of hydrogen-bond acceptors (Lipinski definition) is 3. The van der Waals surface area contributed by atoms with Crippen molar-refractivity contribution in [3.8, 4) is 0 Å². The Labute approximate surface area is 149 Å². The average molecular weight is 341 g/mol. The molecule has 2 rings (SSSR count). The number of aliphatic hydroxyl groups is 1. The molecule has 5 heteroatoms. The summed E-state index contributed by atoms with van der Waals surface area (Å²) in [6, 6.07) is 17.8. The molecule has 2 amide bonds. The lowest BCUT2D eigenvalue weighted by atomic mass is 10.1. The van der Waals surface area contributed by atoms with Crippen LogP contribution in [0.5, 0.6) is 0 Å². The Bertz CT molecular complexity index is 659. The SMILES string of the molecule is CN(C)C(CNC(=O)NCc1ccccc1CO)Cc1ccccc1. The number of carbonyl (C=O) groups excluding carboxylic acids is 1. The predicted octanol–water partition coefficient (Wildman–Crippen LogP) is 2.15. The number of benzene rings is 2. The summed E-state index contributed by atoms with van der Waals surface area (Å²) in [5.41, 5.74) is 3.01. The molecule has 2 aromatic rings. The summed E-state index contributed by atoms with van der Waals surface area (Å²) in [4.78, 5) is 14.2. The number of urea groups is 1. The first kappa shape index (κ1) is 19.0. The van der Waals surface area contributed by atoms with E-state index in [1.807, 2.05) is 56.6 Å². The van der Waals surface area contributed by atoms with Gasteiger partial charge in [-0.15, -0.1) is 0 Å². The normalized spacial score (nSPS) is 12.0. The fourth-order valence-corrected chi connectivity index (χ4v) is 2.66. The second kappa shape index (κ2) is 9.81. The molecule has 0 radical (unpaired) electrons. The maximum Gasteiger partial charge on any atom is 0.315 e. The highest BCUT2D eigenvalue weighted by Gasteiger charge is 2.13. The van der Waals surface area contributed by atoms with Crippen molar-refractivity contribution in [2.24, 2.45) is 0 Å². The molecule has 134 valence electrons. The Morgan fingerprint density at radius 1 is 1.00 bits per heavy atom. The second-order valence-corrected chi connectivity index (χ2v) is 6.30. The van der Waals surface area contributed by atoms with Crippen molar-refractivity contribution in [3.63, 3.8) is 0 Å². The van der Waals surface area contributed by atoms with Gasteiger partial charge in [-0.05, 0) is 37.2 Å². The van der Waals surface area contributed by atoms with Crippen LogP contribution in [0.1, 0.15) is 16.7 Å². The molecule has 0 aromatic heterocycles. The minimum atomic E-state index is -0.201. The van der Waals surface area contributed by atoms with Gasteiger partial charge in [0.1, 0.15) is 0 Å². The van der Waals surface area contributed by atoms with Crippen molar-refractivity contribution in [2.75, 3.05) is 20.6 Å². The van der Waals surface area contributed by atoms with Crippen LogP contribution in [0.4, 0.5) is 4.79 Å². The summed E-state index contributed by atoms with van der Waals surface area (Å²) in [6.45, 7) is 0.933. The standard InChI is InChI=1S/C20H27N3O2/c1-23(2)19(12-16-8-4-3-5-9-16)14-22-20(25)21-13-17-10-6-7-11-18(17)15-24/h3-11,19,24H,12-15H2,1-2H3,(H2,21,22,25). The first-order valence-corrected chi connectivity index (χ1v) is 8.50. The van der Waals surface area contributed by atoms with Gasteiger partial charge in [-0.25, -0.2) is 4.79 Å². The Kier molecular flexibility index (Phi) is 7.44. The molecular weight excluding hydrogens is 314 g/mol. The van der Waals surface area contributed by atoms with Crippen molar-refractivity contribution in [2.45, 2.75) is 25.6 Å². The van der Waals surface area contributed by atoms with Gasteiger partial charge in [-0.1, -0.05) is 54.6 Å². The average Bonchev–Trinajstić information content (AvgIpc) is 2.64. The van der Waals surface area contributed by atoms with Crippen molar-refractivity contribution >= 4 is 6.03 Å². The van der Waals surface area contributed by atoms with E-state index in [-0.39, 0.29) is 18.7 Å². The summed E-state index contributed by atoms with van der Waals surface area (Å²) < 4.78 is 0. The van der Waals surface area contributed by atoms with Crippen LogP contribution in [-0.4, -0.2) is 42.7 Å². The molecule has 25 heavy (non-hydrogen) atoms. The molecule has 3 N–H and O–H groups in total. The number of nitrogens with one attached hydrogen (secondary N) is 2. The Balaban J connectivity index is 1.82. The van der Waals surface area contributed by atoms with E-state index in [4.69, 9.17) is 0 Å². The quantitative estimate of drug-likeness (QED) is 0.689. The molecular formula is C20H27N3O2. The molecule has 1 unspecified atom stereocenters. The van der Waals surface area contributed by atoms with Gasteiger partial charge in [0.25, 0.3) is 0 Å².